The maximum atomic E-state index is 6.25. The zero-order chi connectivity index (χ0) is 19.1. The Balaban J connectivity index is 0.00000280. The Morgan fingerprint density at radius 2 is 2.00 bits per heavy atom. The minimum absolute atomic E-state index is 0. The predicted molar refractivity (Wildman–Crippen MR) is 127 cm³/mol. The van der Waals surface area contributed by atoms with Crippen molar-refractivity contribution in [1.82, 2.24) is 14.8 Å². The molecule has 2 aromatic rings. The number of aliphatic imine (C=N–C) groups is 1. The number of hydrogen-bond donors (Lipinski definition) is 1. The van der Waals surface area contributed by atoms with Gasteiger partial charge < -0.3 is 25.2 Å². The molecule has 9 heteroatoms. The van der Waals surface area contributed by atoms with Crippen LogP contribution >= 0.6 is 35.3 Å². The van der Waals surface area contributed by atoms with Gasteiger partial charge in [0, 0.05) is 49.9 Å². The van der Waals surface area contributed by atoms with Crippen LogP contribution in [0.5, 0.6) is 5.75 Å². The van der Waals surface area contributed by atoms with Crippen molar-refractivity contribution in [1.29, 1.82) is 0 Å². The fraction of sp³-hybridized carbons (Fsp3) is 0.474. The maximum absolute atomic E-state index is 6.25. The molecule has 1 fully saturated rings. The van der Waals surface area contributed by atoms with E-state index in [0.717, 1.165) is 49.2 Å². The molecule has 154 valence electrons. The van der Waals surface area contributed by atoms with Gasteiger partial charge in [-0.05, 0) is 20.2 Å². The first kappa shape index (κ1) is 22.7. The van der Waals surface area contributed by atoms with Crippen LogP contribution in [0, 0.1) is 0 Å². The number of ether oxygens (including phenoxy) is 1. The molecule has 28 heavy (non-hydrogen) atoms. The molecule has 3 rings (SSSR count). The van der Waals surface area contributed by atoms with Gasteiger partial charge in [-0.25, -0.2) is 9.98 Å². The molecule has 1 aliphatic rings. The Kier molecular flexibility index (Phi) is 9.26. The molecule has 1 saturated heterocycles. The predicted octanol–water partition coefficient (Wildman–Crippen LogP) is 2.34. The molecular formula is C19H29IN6OS. The molecule has 0 bridgehead atoms. The second-order valence-corrected chi connectivity index (χ2v) is 7.60. The molecule has 0 aliphatic carbocycles. The molecule has 0 unspecified atom stereocenters. The number of benzene rings is 1. The van der Waals surface area contributed by atoms with E-state index in [1.165, 1.54) is 0 Å². The number of piperazine rings is 1. The number of likely N-dealkylation sites (N-methyl/N-ethyl adjacent to an activating group) is 1. The third-order valence-corrected chi connectivity index (χ3v) is 5.31. The third kappa shape index (κ3) is 6.49. The number of rotatable bonds is 7. The van der Waals surface area contributed by atoms with E-state index in [1.807, 2.05) is 49.9 Å². The van der Waals surface area contributed by atoms with E-state index in [9.17, 15) is 0 Å². The molecule has 2 N–H and O–H groups in total. The third-order valence-electron chi connectivity index (χ3n) is 4.47. The summed E-state index contributed by atoms with van der Waals surface area (Å²) in [7, 11) is 4.07. The van der Waals surface area contributed by atoms with Gasteiger partial charge in [-0.3, -0.25) is 0 Å². The summed E-state index contributed by atoms with van der Waals surface area (Å²) in [6.45, 7) is 5.59. The number of aromatic nitrogens is 1. The fourth-order valence-electron chi connectivity index (χ4n) is 2.88. The van der Waals surface area contributed by atoms with Crippen LogP contribution < -0.4 is 15.4 Å². The molecule has 0 amide bonds. The van der Waals surface area contributed by atoms with Gasteiger partial charge in [-0.15, -0.1) is 35.3 Å². The minimum atomic E-state index is 0. The zero-order valence-corrected chi connectivity index (χ0v) is 19.6. The summed E-state index contributed by atoms with van der Waals surface area (Å²) in [6, 6.07) is 8.03. The van der Waals surface area contributed by atoms with Crippen LogP contribution in [0.15, 0.2) is 40.8 Å². The molecule has 1 aromatic heterocycles. The van der Waals surface area contributed by atoms with Crippen molar-refractivity contribution in [3.05, 3.63) is 41.4 Å². The van der Waals surface area contributed by atoms with Crippen molar-refractivity contribution in [3.8, 4) is 5.75 Å². The summed E-state index contributed by atoms with van der Waals surface area (Å²) in [5.74, 6) is 1.47. The van der Waals surface area contributed by atoms with Crippen molar-refractivity contribution in [3.63, 3.8) is 0 Å². The molecule has 2 heterocycles. The number of guanidine groups is 1. The van der Waals surface area contributed by atoms with Gasteiger partial charge >= 0.3 is 0 Å². The summed E-state index contributed by atoms with van der Waals surface area (Å²) in [6.07, 6.45) is 1.85. The monoisotopic (exact) mass is 516 g/mol. The highest BCUT2D eigenvalue weighted by Crippen LogP contribution is 2.20. The first-order chi connectivity index (χ1) is 13.1. The van der Waals surface area contributed by atoms with Crippen molar-refractivity contribution >= 4 is 46.4 Å². The fourth-order valence-corrected chi connectivity index (χ4v) is 3.58. The molecule has 0 spiro atoms. The highest BCUT2D eigenvalue weighted by Gasteiger charge is 2.19. The van der Waals surface area contributed by atoms with Gasteiger partial charge in [0.25, 0.3) is 0 Å². The second kappa shape index (κ2) is 11.4. The number of anilines is 1. The van der Waals surface area contributed by atoms with E-state index >= 15 is 0 Å². The van der Waals surface area contributed by atoms with E-state index in [4.69, 9.17) is 10.5 Å². The molecular weight excluding hydrogens is 487 g/mol. The van der Waals surface area contributed by atoms with Crippen LogP contribution in [0.3, 0.4) is 0 Å². The average Bonchev–Trinajstić information content (AvgIpc) is 3.21. The summed E-state index contributed by atoms with van der Waals surface area (Å²) < 4.78 is 5.90. The summed E-state index contributed by atoms with van der Waals surface area (Å²) >= 11 is 1.67. The van der Waals surface area contributed by atoms with E-state index < -0.39 is 0 Å². The Morgan fingerprint density at radius 1 is 1.25 bits per heavy atom. The number of para-hydroxylation sites is 1. The smallest absolute Gasteiger partial charge is 0.191 e. The van der Waals surface area contributed by atoms with Crippen LogP contribution in [-0.2, 0) is 6.54 Å². The van der Waals surface area contributed by atoms with Crippen molar-refractivity contribution in [2.45, 2.75) is 6.54 Å². The Bertz CT molecular complexity index is 732. The quantitative estimate of drug-likeness (QED) is 0.346. The molecule has 7 nitrogen and oxygen atoms in total. The van der Waals surface area contributed by atoms with Gasteiger partial charge in [0.05, 0.1) is 6.54 Å². The van der Waals surface area contributed by atoms with Crippen LogP contribution in [-0.4, -0.2) is 74.2 Å². The summed E-state index contributed by atoms with van der Waals surface area (Å²) in [5.41, 5.74) is 7.30. The Labute approximate surface area is 188 Å². The zero-order valence-electron chi connectivity index (χ0n) is 16.5. The van der Waals surface area contributed by atoms with Crippen LogP contribution in [0.2, 0.25) is 0 Å². The normalized spacial score (nSPS) is 14.9. The topological polar surface area (TPSA) is 70.2 Å². The molecule has 0 radical (unpaired) electrons. The molecule has 0 saturated carbocycles. The number of nitrogens with two attached hydrogens (primary N) is 1. The second-order valence-electron chi connectivity index (χ2n) is 6.72. The van der Waals surface area contributed by atoms with E-state index in [-0.39, 0.29) is 24.0 Å². The van der Waals surface area contributed by atoms with Gasteiger partial charge in [0.1, 0.15) is 12.4 Å². The average molecular weight is 516 g/mol. The lowest BCUT2D eigenvalue weighted by molar-refractivity contribution is 0.259. The van der Waals surface area contributed by atoms with Gasteiger partial charge in [0.2, 0.25) is 0 Å². The number of nitrogens with zero attached hydrogens (tertiary/aromatic N) is 5. The van der Waals surface area contributed by atoms with Crippen molar-refractivity contribution < 1.29 is 4.74 Å². The van der Waals surface area contributed by atoms with Gasteiger partial charge in [-0.1, -0.05) is 18.2 Å². The van der Waals surface area contributed by atoms with Crippen molar-refractivity contribution in [2.24, 2.45) is 10.7 Å². The standard InChI is InChI=1S/C19H28N6OS.HI/c1-23(2)12-13-26-17-6-4-3-5-16(17)15-22-18(20)24-8-10-25(11-9-24)19-21-7-14-27-19;/h3-7,14H,8-13,15H2,1-2H3,(H2,20,22);1H. The molecule has 0 atom stereocenters. The highest BCUT2D eigenvalue weighted by atomic mass is 127. The van der Waals surface area contributed by atoms with E-state index in [2.05, 4.69) is 24.7 Å². The Hall–Kier alpha value is -1.59. The first-order valence-electron chi connectivity index (χ1n) is 9.18. The first-order valence-corrected chi connectivity index (χ1v) is 10.1. The van der Waals surface area contributed by atoms with Crippen LogP contribution in [0.25, 0.3) is 0 Å². The van der Waals surface area contributed by atoms with E-state index in [0.29, 0.717) is 19.1 Å². The van der Waals surface area contributed by atoms with Gasteiger partial charge in [0.15, 0.2) is 11.1 Å². The minimum Gasteiger partial charge on any atom is -0.492 e. The maximum Gasteiger partial charge on any atom is 0.191 e. The lowest BCUT2D eigenvalue weighted by Gasteiger charge is -2.35. The van der Waals surface area contributed by atoms with Crippen molar-refractivity contribution in [2.75, 3.05) is 58.3 Å². The summed E-state index contributed by atoms with van der Waals surface area (Å²) in [5, 5.41) is 3.09. The molecule has 1 aromatic carbocycles. The largest absolute Gasteiger partial charge is 0.492 e. The summed E-state index contributed by atoms with van der Waals surface area (Å²) in [4.78, 5) is 15.5. The highest BCUT2D eigenvalue weighted by molar-refractivity contribution is 14.0. The molecule has 1 aliphatic heterocycles. The van der Waals surface area contributed by atoms with Gasteiger partial charge in [-0.2, -0.15) is 0 Å². The number of hydrogen-bond acceptors (Lipinski definition) is 6. The Morgan fingerprint density at radius 3 is 2.68 bits per heavy atom. The number of halogens is 1. The lowest BCUT2D eigenvalue weighted by Crippen LogP contribution is -2.51. The SMILES string of the molecule is CN(C)CCOc1ccccc1CN=C(N)N1CCN(c2nccs2)CC1.I. The van der Waals surface area contributed by atoms with Crippen LogP contribution in [0.1, 0.15) is 5.56 Å². The van der Waals surface area contributed by atoms with E-state index in [1.54, 1.807) is 11.3 Å². The number of thiazole rings is 1. The van der Waals surface area contributed by atoms with Crippen LogP contribution in [0.4, 0.5) is 5.13 Å². The lowest BCUT2D eigenvalue weighted by atomic mass is 10.2.